The van der Waals surface area contributed by atoms with E-state index in [-0.39, 0.29) is 11.6 Å². The lowest BCUT2D eigenvalue weighted by Gasteiger charge is -2.17. The van der Waals surface area contributed by atoms with E-state index in [1.54, 1.807) is 19.1 Å². The fraction of sp³-hybridized carbons (Fsp3) is 0.400. The van der Waals surface area contributed by atoms with Crippen LogP contribution in [0, 0.1) is 24.2 Å². The van der Waals surface area contributed by atoms with E-state index in [1.807, 2.05) is 19.9 Å². The summed E-state index contributed by atoms with van der Waals surface area (Å²) in [5.74, 6) is -0.251. The maximum Gasteiger partial charge on any atom is 0.328 e. The van der Waals surface area contributed by atoms with Gasteiger partial charge in [0.1, 0.15) is 5.69 Å². The predicted molar refractivity (Wildman–Crippen MR) is 97.5 cm³/mol. The molecule has 6 nitrogen and oxygen atoms in total. The van der Waals surface area contributed by atoms with Gasteiger partial charge in [0.2, 0.25) is 5.78 Å². The molecule has 0 unspecified atom stereocenters. The number of carbonyl (C=O) groups excluding carboxylic acids is 1. The molecule has 3 rings (SSSR count). The molecule has 134 valence electrons. The molecule has 26 heavy (non-hydrogen) atoms. The van der Waals surface area contributed by atoms with Crippen molar-refractivity contribution in [1.82, 2.24) is 9.55 Å². The Hall–Kier alpha value is -2.94. The Kier molecular flexibility index (Phi) is 4.64. The number of benzene rings is 1. The zero-order chi connectivity index (χ0) is 19.0. The summed E-state index contributed by atoms with van der Waals surface area (Å²) in [7, 11) is 0. The summed E-state index contributed by atoms with van der Waals surface area (Å²) in [5.41, 5.74) is 0.861. The van der Waals surface area contributed by atoms with E-state index >= 15 is 0 Å². The van der Waals surface area contributed by atoms with E-state index in [9.17, 15) is 19.6 Å². The molecule has 0 radical (unpaired) electrons. The SMILES string of the molecule is Cc1cc(C#N)cc(C(=O)c2c(C(C)C)c(=O)[nH]c(=O)n2CC2CC2)c1. The lowest BCUT2D eigenvalue weighted by Crippen LogP contribution is -2.38. The quantitative estimate of drug-likeness (QED) is 0.837. The van der Waals surface area contributed by atoms with E-state index in [0.29, 0.717) is 29.2 Å². The topological polar surface area (TPSA) is 95.7 Å². The van der Waals surface area contributed by atoms with Gasteiger partial charge >= 0.3 is 5.69 Å². The van der Waals surface area contributed by atoms with Crippen LogP contribution in [0.25, 0.3) is 0 Å². The van der Waals surface area contributed by atoms with Crippen LogP contribution in [0.1, 0.15) is 65.3 Å². The maximum atomic E-state index is 13.3. The van der Waals surface area contributed by atoms with Gasteiger partial charge in [-0.05, 0) is 55.4 Å². The third-order valence-electron chi connectivity index (χ3n) is 4.63. The molecule has 0 spiro atoms. The van der Waals surface area contributed by atoms with Crippen LogP contribution in [-0.2, 0) is 6.54 Å². The zero-order valence-corrected chi connectivity index (χ0v) is 15.1. The number of aryl methyl sites for hydroxylation is 1. The van der Waals surface area contributed by atoms with Gasteiger partial charge in [-0.1, -0.05) is 13.8 Å². The smallest absolute Gasteiger partial charge is 0.290 e. The van der Waals surface area contributed by atoms with Crippen LogP contribution in [0.2, 0.25) is 0 Å². The van der Waals surface area contributed by atoms with Crippen LogP contribution in [0.3, 0.4) is 0 Å². The van der Waals surface area contributed by atoms with Crippen molar-refractivity contribution in [2.24, 2.45) is 5.92 Å². The van der Waals surface area contributed by atoms with Crippen molar-refractivity contribution in [3.8, 4) is 6.07 Å². The molecule has 6 heteroatoms. The largest absolute Gasteiger partial charge is 0.328 e. The minimum Gasteiger partial charge on any atom is -0.290 e. The number of aromatic nitrogens is 2. The van der Waals surface area contributed by atoms with Crippen molar-refractivity contribution in [3.63, 3.8) is 0 Å². The number of H-pyrrole nitrogens is 1. The fourth-order valence-corrected chi connectivity index (χ4v) is 3.22. The van der Waals surface area contributed by atoms with Crippen molar-refractivity contribution in [2.45, 2.75) is 46.1 Å². The molecule has 0 atom stereocenters. The van der Waals surface area contributed by atoms with Gasteiger partial charge in [-0.3, -0.25) is 19.1 Å². The van der Waals surface area contributed by atoms with Gasteiger partial charge in [-0.25, -0.2) is 4.79 Å². The summed E-state index contributed by atoms with van der Waals surface area (Å²) >= 11 is 0. The molecule has 1 heterocycles. The second-order valence-corrected chi connectivity index (χ2v) is 7.26. The van der Waals surface area contributed by atoms with E-state index < -0.39 is 17.0 Å². The molecule has 0 saturated heterocycles. The van der Waals surface area contributed by atoms with Crippen molar-refractivity contribution >= 4 is 5.78 Å². The van der Waals surface area contributed by atoms with Crippen LogP contribution < -0.4 is 11.2 Å². The lowest BCUT2D eigenvalue weighted by atomic mass is 9.95. The number of ketones is 1. The van der Waals surface area contributed by atoms with E-state index in [2.05, 4.69) is 4.98 Å². The van der Waals surface area contributed by atoms with Crippen LogP contribution in [0.4, 0.5) is 0 Å². The zero-order valence-electron chi connectivity index (χ0n) is 15.1. The van der Waals surface area contributed by atoms with Gasteiger partial charge in [0.25, 0.3) is 5.56 Å². The minimum absolute atomic E-state index is 0.148. The normalized spacial score (nSPS) is 13.7. The highest BCUT2D eigenvalue weighted by Crippen LogP contribution is 2.31. The molecule has 1 aliphatic carbocycles. The molecule has 0 aliphatic heterocycles. The fourth-order valence-electron chi connectivity index (χ4n) is 3.22. The molecule has 0 bridgehead atoms. The summed E-state index contributed by atoms with van der Waals surface area (Å²) < 4.78 is 1.41. The standard InChI is InChI=1S/C20H21N3O3/c1-11(2)16-17(18(24)15-7-12(3)6-14(8-15)9-21)23(10-13-4-5-13)20(26)22-19(16)25/h6-8,11,13H,4-5,10H2,1-3H3,(H,22,25,26). The van der Waals surface area contributed by atoms with E-state index in [1.165, 1.54) is 10.6 Å². The van der Waals surface area contributed by atoms with Gasteiger partial charge in [-0.15, -0.1) is 0 Å². The number of hydrogen-bond acceptors (Lipinski definition) is 4. The van der Waals surface area contributed by atoms with Crippen molar-refractivity contribution in [2.75, 3.05) is 0 Å². The van der Waals surface area contributed by atoms with Crippen molar-refractivity contribution in [3.05, 3.63) is 67.0 Å². The summed E-state index contributed by atoms with van der Waals surface area (Å²) in [4.78, 5) is 40.5. The van der Waals surface area contributed by atoms with Crippen LogP contribution in [-0.4, -0.2) is 15.3 Å². The average molecular weight is 351 g/mol. The van der Waals surface area contributed by atoms with Gasteiger partial charge in [-0.2, -0.15) is 5.26 Å². The molecule has 1 aromatic carbocycles. The van der Waals surface area contributed by atoms with E-state index in [4.69, 9.17) is 0 Å². The second kappa shape index (κ2) is 6.75. The van der Waals surface area contributed by atoms with Gasteiger partial charge in [0.15, 0.2) is 0 Å². The number of rotatable bonds is 5. The Balaban J connectivity index is 2.26. The molecule has 1 fully saturated rings. The van der Waals surface area contributed by atoms with Crippen molar-refractivity contribution in [1.29, 1.82) is 5.26 Å². The highest BCUT2D eigenvalue weighted by molar-refractivity contribution is 6.09. The number of nitrogens with zero attached hydrogens (tertiary/aromatic N) is 2. The van der Waals surface area contributed by atoms with Crippen LogP contribution in [0.15, 0.2) is 27.8 Å². The molecular weight excluding hydrogens is 330 g/mol. The summed E-state index contributed by atoms with van der Waals surface area (Å²) in [6, 6.07) is 6.92. The Morgan fingerprint density at radius 1 is 1.31 bits per heavy atom. The monoisotopic (exact) mass is 351 g/mol. The summed E-state index contributed by atoms with van der Waals surface area (Å²) in [5, 5.41) is 9.18. The maximum absolute atomic E-state index is 13.3. The number of hydrogen-bond donors (Lipinski definition) is 1. The molecule has 1 aliphatic rings. The highest BCUT2D eigenvalue weighted by Gasteiger charge is 2.29. The third-order valence-corrected chi connectivity index (χ3v) is 4.63. The van der Waals surface area contributed by atoms with Gasteiger partial charge in [0.05, 0.1) is 11.6 Å². The molecule has 1 aromatic heterocycles. The number of aromatic amines is 1. The van der Waals surface area contributed by atoms with Crippen molar-refractivity contribution < 1.29 is 4.79 Å². The Morgan fingerprint density at radius 3 is 2.58 bits per heavy atom. The number of nitrogens with one attached hydrogen (secondary N) is 1. The third kappa shape index (κ3) is 3.38. The predicted octanol–water partition coefficient (Wildman–Crippen LogP) is 2.48. The first-order chi connectivity index (χ1) is 12.3. The molecule has 1 saturated carbocycles. The molecule has 2 aromatic rings. The first-order valence-electron chi connectivity index (χ1n) is 8.75. The molecule has 0 amide bonds. The first kappa shape index (κ1) is 17.9. The number of carbonyl (C=O) groups is 1. The Labute approximate surface area is 151 Å². The average Bonchev–Trinajstić information content (AvgIpc) is 3.39. The van der Waals surface area contributed by atoms with Crippen LogP contribution >= 0.6 is 0 Å². The molecule has 1 N–H and O–H groups in total. The molecular formula is C20H21N3O3. The lowest BCUT2D eigenvalue weighted by molar-refractivity contribution is 0.102. The van der Waals surface area contributed by atoms with Crippen LogP contribution in [0.5, 0.6) is 0 Å². The van der Waals surface area contributed by atoms with Gasteiger partial charge < -0.3 is 0 Å². The van der Waals surface area contributed by atoms with E-state index in [0.717, 1.165) is 18.4 Å². The summed E-state index contributed by atoms with van der Waals surface area (Å²) in [6.07, 6.45) is 2.03. The Bertz CT molecular complexity index is 1030. The van der Waals surface area contributed by atoms with Gasteiger partial charge in [0, 0.05) is 17.7 Å². The summed E-state index contributed by atoms with van der Waals surface area (Å²) in [6.45, 7) is 5.87. The first-order valence-corrected chi connectivity index (χ1v) is 8.75. The highest BCUT2D eigenvalue weighted by atomic mass is 16.2. The number of nitriles is 1. The Morgan fingerprint density at radius 2 is 2.00 bits per heavy atom. The second-order valence-electron chi connectivity index (χ2n) is 7.26. The minimum atomic E-state index is -0.553.